The number of hydrogen-bond donors (Lipinski definition) is 1. The second kappa shape index (κ2) is 16.0. The van der Waals surface area contributed by atoms with E-state index in [0.717, 1.165) is 25.7 Å². The van der Waals surface area contributed by atoms with E-state index >= 15 is 0 Å². The molecule has 0 unspecified atom stereocenters. The van der Waals surface area contributed by atoms with Crippen LogP contribution in [0, 0.1) is 0 Å². The molecule has 0 bridgehead atoms. The van der Waals surface area contributed by atoms with E-state index in [1.165, 1.54) is 0 Å². The first kappa shape index (κ1) is 4.23. The number of hydrogen-bond acceptors (Lipinski definition) is 1. The maximum atomic E-state index is 9.38. The highest BCUT2D eigenvalue weighted by Gasteiger charge is 1.93. The van der Waals surface area contributed by atoms with Crippen LogP contribution in [0.3, 0.4) is 0 Å². The van der Waals surface area contributed by atoms with Crippen LogP contribution >= 0.6 is 0 Å². The summed E-state index contributed by atoms with van der Waals surface area (Å²) < 4.78 is 125. The van der Waals surface area contributed by atoms with Crippen molar-refractivity contribution >= 4 is 0 Å². The Morgan fingerprint density at radius 1 is 0.647 bits per heavy atom. The summed E-state index contributed by atoms with van der Waals surface area (Å²) in [4.78, 5) is 0. The van der Waals surface area contributed by atoms with Crippen LogP contribution in [0.4, 0.5) is 0 Å². The van der Waals surface area contributed by atoms with Gasteiger partial charge in [0, 0.05) is 25.7 Å². The summed E-state index contributed by atoms with van der Waals surface area (Å²) in [6.45, 7) is -2.00. The molecule has 17 heavy (non-hydrogen) atoms. The monoisotopic (exact) mass is 258 g/mol. The SMILES string of the molecule is [2H]C([2H])(O)C([2H])([2H])C([2H])([2H])C([2H])([2H])C([2H])([2H])C([2H])([2H])C([2H])([2H])C([2H])([2H])CCCCCCCC. The minimum Gasteiger partial charge on any atom is -0.396 e. The van der Waals surface area contributed by atoms with Crippen molar-refractivity contribution in [3.8, 4) is 0 Å². The van der Waals surface area contributed by atoms with Crippen molar-refractivity contribution in [1.82, 2.24) is 0 Å². The zero-order chi connectivity index (χ0) is 26.9. The number of aliphatic hydroxyl groups is 1. The van der Waals surface area contributed by atoms with Gasteiger partial charge in [0.05, 0.1) is 2.74 Å². The minimum atomic E-state index is -4.26. The molecular formula is C16H34O. The lowest BCUT2D eigenvalue weighted by Crippen LogP contribution is -1.84. The van der Waals surface area contributed by atoms with Gasteiger partial charge in [0.15, 0.2) is 0 Å². The molecule has 0 fully saturated rings. The lowest BCUT2D eigenvalue weighted by Gasteiger charge is -2.02. The molecule has 0 aromatic carbocycles. The van der Waals surface area contributed by atoms with E-state index in [1.54, 1.807) is 0 Å². The summed E-state index contributed by atoms with van der Waals surface area (Å²) in [5.74, 6) is 0. The zero-order valence-electron chi connectivity index (χ0n) is 26.4. The summed E-state index contributed by atoms with van der Waals surface area (Å²) >= 11 is 0. The largest absolute Gasteiger partial charge is 0.396 e. The van der Waals surface area contributed by atoms with Crippen LogP contribution in [0.15, 0.2) is 0 Å². The summed E-state index contributed by atoms with van der Waals surface area (Å²) in [5, 5.41) is 9.38. The molecule has 104 valence electrons. The highest BCUT2D eigenvalue weighted by atomic mass is 16.2. The van der Waals surface area contributed by atoms with E-state index < -0.39 is 57.6 Å². The maximum Gasteiger partial charge on any atom is 0.0564 e. The third-order valence-corrected chi connectivity index (χ3v) is 2.11. The maximum absolute atomic E-state index is 9.38. The summed E-state index contributed by atoms with van der Waals surface area (Å²) in [6.07, 6.45) is -23.8. The van der Waals surface area contributed by atoms with Gasteiger partial charge in [-0.25, -0.2) is 0 Å². The predicted molar refractivity (Wildman–Crippen MR) is 77.4 cm³/mol. The van der Waals surface area contributed by atoms with Crippen molar-refractivity contribution in [3.63, 3.8) is 0 Å². The molecule has 0 aliphatic heterocycles. The molecular weight excluding hydrogens is 208 g/mol. The van der Waals surface area contributed by atoms with Gasteiger partial charge < -0.3 is 5.11 Å². The Balaban J connectivity index is 6.11. The fourth-order valence-electron chi connectivity index (χ4n) is 1.25. The summed E-state index contributed by atoms with van der Waals surface area (Å²) in [5.41, 5.74) is 0. The highest BCUT2D eigenvalue weighted by Crippen LogP contribution is 2.12. The van der Waals surface area contributed by atoms with Crippen LogP contribution < -0.4 is 0 Å². The Morgan fingerprint density at radius 2 is 1.12 bits per heavy atom. The molecule has 0 saturated carbocycles. The van der Waals surface area contributed by atoms with Crippen molar-refractivity contribution in [3.05, 3.63) is 0 Å². The van der Waals surface area contributed by atoms with Crippen molar-refractivity contribution < 1.29 is 27.0 Å². The van der Waals surface area contributed by atoms with Crippen LogP contribution in [0.25, 0.3) is 0 Å². The number of rotatable bonds is 14. The van der Waals surface area contributed by atoms with E-state index in [9.17, 15) is 5.11 Å². The Kier molecular flexibility index (Phi) is 3.97. The molecule has 1 N–H and O–H groups in total. The third kappa shape index (κ3) is 16.0. The molecule has 0 aromatic heterocycles. The van der Waals surface area contributed by atoms with E-state index in [1.807, 2.05) is 6.92 Å². The Labute approximate surface area is 131 Å². The molecule has 1 heteroatoms. The van der Waals surface area contributed by atoms with Gasteiger partial charge in [0.25, 0.3) is 0 Å². The molecule has 0 radical (unpaired) electrons. The molecule has 0 rings (SSSR count). The summed E-state index contributed by atoms with van der Waals surface area (Å²) in [6, 6.07) is 0. The lowest BCUT2D eigenvalue weighted by atomic mass is 10.0. The van der Waals surface area contributed by atoms with Crippen molar-refractivity contribution in [2.45, 2.75) is 96.5 Å². The molecule has 0 spiro atoms. The molecule has 0 aliphatic rings. The van der Waals surface area contributed by atoms with Gasteiger partial charge in [-0.15, -0.1) is 0 Å². The quantitative estimate of drug-likeness (QED) is 0.410. The standard InChI is InChI=1S/C16H34O/c1-2-3-4-5-6-7-8-9-10-11-12-13-14-15-16-17/h17H,2-16H2,1H3/i9D2,10D2,11D2,12D2,13D2,14D2,15D2,16D2. The van der Waals surface area contributed by atoms with Crippen molar-refractivity contribution in [2.24, 2.45) is 0 Å². The van der Waals surface area contributed by atoms with Crippen molar-refractivity contribution in [2.75, 3.05) is 6.56 Å². The molecule has 1 nitrogen and oxygen atoms in total. The predicted octanol–water partition coefficient (Wildman–Crippen LogP) is 5.46. The average Bonchev–Trinajstić information content (AvgIpc) is 2.62. The van der Waals surface area contributed by atoms with Gasteiger partial charge in [-0.05, 0) is 6.37 Å². The molecule has 0 heterocycles. The summed E-state index contributed by atoms with van der Waals surface area (Å²) in [7, 11) is 0. The fraction of sp³-hybridized carbons (Fsp3) is 1.00. The molecule has 0 atom stereocenters. The van der Waals surface area contributed by atoms with Crippen LogP contribution in [-0.2, 0) is 0 Å². The van der Waals surface area contributed by atoms with Crippen LogP contribution in [0.5, 0.6) is 0 Å². The first-order valence-corrected chi connectivity index (χ1v) is 6.03. The van der Waals surface area contributed by atoms with Gasteiger partial charge in [-0.2, -0.15) is 0 Å². The van der Waals surface area contributed by atoms with Crippen LogP contribution in [-0.4, -0.2) is 11.7 Å². The van der Waals surface area contributed by atoms with E-state index in [2.05, 4.69) is 0 Å². The molecule has 0 aromatic rings. The van der Waals surface area contributed by atoms with Crippen molar-refractivity contribution in [1.29, 1.82) is 0 Å². The lowest BCUT2D eigenvalue weighted by molar-refractivity contribution is 0.282. The van der Waals surface area contributed by atoms with Crippen LogP contribution in [0.2, 0.25) is 0 Å². The zero-order valence-corrected chi connectivity index (χ0v) is 10.4. The third-order valence-electron chi connectivity index (χ3n) is 2.11. The first-order chi connectivity index (χ1) is 14.3. The smallest absolute Gasteiger partial charge is 0.0564 e. The van der Waals surface area contributed by atoms with Gasteiger partial charge in [0.1, 0.15) is 0 Å². The Bertz CT molecular complexity index is 637. The Hall–Kier alpha value is -0.0400. The topological polar surface area (TPSA) is 20.2 Å². The highest BCUT2D eigenvalue weighted by molar-refractivity contribution is 4.48. The van der Waals surface area contributed by atoms with Gasteiger partial charge in [-0.3, -0.25) is 0 Å². The minimum absolute atomic E-state index is 0.149. The number of unbranched alkanes of at least 4 members (excludes halogenated alkanes) is 5. The second-order valence-electron chi connectivity index (χ2n) is 3.56. The normalized spacial score (nSPS) is 31.6. The first-order valence-electron chi connectivity index (χ1n) is 14.0. The molecule has 0 aliphatic carbocycles. The van der Waals surface area contributed by atoms with Gasteiger partial charge in [-0.1, -0.05) is 90.1 Å². The van der Waals surface area contributed by atoms with E-state index in [4.69, 9.17) is 21.9 Å². The van der Waals surface area contributed by atoms with E-state index in [-0.39, 0.29) is 6.42 Å². The van der Waals surface area contributed by atoms with E-state index in [0.29, 0.717) is 6.42 Å². The van der Waals surface area contributed by atoms with Gasteiger partial charge >= 0.3 is 0 Å². The molecule has 0 amide bonds. The second-order valence-corrected chi connectivity index (χ2v) is 3.56. The average molecular weight is 259 g/mol. The Morgan fingerprint density at radius 3 is 1.71 bits per heavy atom. The van der Waals surface area contributed by atoms with Crippen LogP contribution in [0.1, 0.15) is 118 Å². The molecule has 0 saturated heterocycles. The van der Waals surface area contributed by atoms with Gasteiger partial charge in [0.2, 0.25) is 0 Å². The fourth-order valence-corrected chi connectivity index (χ4v) is 1.25.